The summed E-state index contributed by atoms with van der Waals surface area (Å²) >= 11 is 0. The van der Waals surface area contributed by atoms with E-state index in [1.54, 1.807) is 20.0 Å². The van der Waals surface area contributed by atoms with Gasteiger partial charge < -0.3 is 10.1 Å². The molecule has 6 heteroatoms. The van der Waals surface area contributed by atoms with E-state index in [9.17, 15) is 10.1 Å². The first kappa shape index (κ1) is 16.5. The summed E-state index contributed by atoms with van der Waals surface area (Å²) in [5, 5.41) is 14.2. The number of aromatic nitrogens is 1. The minimum Gasteiger partial charge on any atom is -0.380 e. The van der Waals surface area contributed by atoms with Gasteiger partial charge in [0.25, 0.3) is 5.69 Å². The minimum absolute atomic E-state index is 0.163. The van der Waals surface area contributed by atoms with Gasteiger partial charge in [0.2, 0.25) is 0 Å². The van der Waals surface area contributed by atoms with Crippen molar-refractivity contribution in [3.8, 4) is 0 Å². The van der Waals surface area contributed by atoms with Crippen LogP contribution in [0.4, 0.5) is 5.69 Å². The van der Waals surface area contributed by atoms with Gasteiger partial charge >= 0.3 is 0 Å². The van der Waals surface area contributed by atoms with Crippen molar-refractivity contribution >= 4 is 5.69 Å². The van der Waals surface area contributed by atoms with Crippen LogP contribution in [0.3, 0.4) is 0 Å². The third kappa shape index (κ3) is 4.86. The van der Waals surface area contributed by atoms with Crippen molar-refractivity contribution in [1.82, 2.24) is 10.3 Å². The number of aryl methyl sites for hydroxylation is 1. The molecule has 1 N–H and O–H groups in total. The van der Waals surface area contributed by atoms with Crippen LogP contribution in [0.25, 0.3) is 0 Å². The van der Waals surface area contributed by atoms with Crippen molar-refractivity contribution in [3.63, 3.8) is 0 Å². The number of pyridine rings is 1. The molecule has 0 amide bonds. The molecule has 1 aromatic rings. The highest BCUT2D eigenvalue weighted by atomic mass is 16.6. The van der Waals surface area contributed by atoms with Crippen LogP contribution in [-0.4, -0.2) is 29.7 Å². The standard InChI is InChI=1S/C14H23N3O3/c1-4-5-7-20-8-6-15-10-13-12(3)14(17(18)19)11(2)9-16-13/h9,15H,4-8,10H2,1-3H3. The second kappa shape index (κ2) is 8.60. The summed E-state index contributed by atoms with van der Waals surface area (Å²) in [7, 11) is 0. The zero-order valence-electron chi connectivity index (χ0n) is 12.4. The summed E-state index contributed by atoms with van der Waals surface area (Å²) in [4.78, 5) is 14.9. The zero-order chi connectivity index (χ0) is 15.0. The van der Waals surface area contributed by atoms with E-state index in [-0.39, 0.29) is 10.6 Å². The lowest BCUT2D eigenvalue weighted by Crippen LogP contribution is -2.21. The molecule has 1 rings (SSSR count). The molecule has 0 aromatic carbocycles. The lowest BCUT2D eigenvalue weighted by atomic mass is 10.1. The molecule has 0 aliphatic carbocycles. The van der Waals surface area contributed by atoms with Crippen LogP contribution in [0, 0.1) is 24.0 Å². The van der Waals surface area contributed by atoms with Gasteiger partial charge in [0, 0.05) is 37.0 Å². The van der Waals surface area contributed by atoms with Gasteiger partial charge in [-0.15, -0.1) is 0 Å². The third-order valence-electron chi connectivity index (χ3n) is 3.12. The molecule has 0 aliphatic heterocycles. The van der Waals surface area contributed by atoms with Crippen molar-refractivity contribution in [2.75, 3.05) is 19.8 Å². The third-order valence-corrected chi connectivity index (χ3v) is 3.12. The van der Waals surface area contributed by atoms with Gasteiger partial charge in [0.15, 0.2) is 0 Å². The van der Waals surface area contributed by atoms with E-state index in [0.717, 1.165) is 25.1 Å². The fraction of sp³-hybridized carbons (Fsp3) is 0.643. The normalized spacial score (nSPS) is 10.8. The predicted octanol–water partition coefficient (Wildman–Crippen LogP) is 2.51. The minimum atomic E-state index is -0.344. The molecule has 0 aliphatic rings. The maximum absolute atomic E-state index is 11.0. The summed E-state index contributed by atoms with van der Waals surface area (Å²) in [6.45, 7) is 8.24. The number of rotatable bonds is 9. The molecule has 0 fully saturated rings. The molecule has 20 heavy (non-hydrogen) atoms. The number of hydrogen-bond donors (Lipinski definition) is 1. The van der Waals surface area contributed by atoms with Crippen LogP contribution >= 0.6 is 0 Å². The smallest absolute Gasteiger partial charge is 0.278 e. The summed E-state index contributed by atoms with van der Waals surface area (Å²) in [6.07, 6.45) is 3.76. The molecule has 1 aromatic heterocycles. The number of hydrogen-bond acceptors (Lipinski definition) is 5. The molecule has 1 heterocycles. The van der Waals surface area contributed by atoms with Gasteiger partial charge in [-0.1, -0.05) is 13.3 Å². The Balaban J connectivity index is 2.45. The Morgan fingerprint density at radius 1 is 1.40 bits per heavy atom. The van der Waals surface area contributed by atoms with Crippen LogP contribution in [-0.2, 0) is 11.3 Å². The van der Waals surface area contributed by atoms with E-state index in [1.165, 1.54) is 0 Å². The summed E-state index contributed by atoms with van der Waals surface area (Å²) in [5.41, 5.74) is 2.11. The first-order chi connectivity index (χ1) is 9.57. The molecule has 0 saturated carbocycles. The Hall–Kier alpha value is -1.53. The molecular weight excluding hydrogens is 258 g/mol. The second-order valence-corrected chi connectivity index (χ2v) is 4.76. The van der Waals surface area contributed by atoms with E-state index in [0.29, 0.717) is 30.8 Å². The largest absolute Gasteiger partial charge is 0.380 e. The van der Waals surface area contributed by atoms with Gasteiger partial charge in [-0.2, -0.15) is 0 Å². The van der Waals surface area contributed by atoms with Crippen molar-refractivity contribution in [1.29, 1.82) is 0 Å². The average molecular weight is 281 g/mol. The van der Waals surface area contributed by atoms with Crippen molar-refractivity contribution < 1.29 is 9.66 Å². The maximum Gasteiger partial charge on any atom is 0.278 e. The van der Waals surface area contributed by atoms with E-state index < -0.39 is 0 Å². The van der Waals surface area contributed by atoms with Crippen molar-refractivity contribution in [3.05, 3.63) is 33.1 Å². The van der Waals surface area contributed by atoms with Crippen LogP contribution in [0.1, 0.15) is 36.6 Å². The highest BCUT2D eigenvalue weighted by molar-refractivity contribution is 5.47. The Labute approximate surface area is 119 Å². The Morgan fingerprint density at radius 3 is 2.80 bits per heavy atom. The van der Waals surface area contributed by atoms with E-state index in [2.05, 4.69) is 17.2 Å². The molecule has 0 saturated heterocycles. The van der Waals surface area contributed by atoms with E-state index in [4.69, 9.17) is 4.74 Å². The molecule has 0 spiro atoms. The molecule has 112 valence electrons. The molecule has 0 radical (unpaired) electrons. The van der Waals surface area contributed by atoms with Gasteiger partial charge in [0.05, 0.1) is 17.2 Å². The van der Waals surface area contributed by atoms with Crippen molar-refractivity contribution in [2.45, 2.75) is 40.2 Å². The lowest BCUT2D eigenvalue weighted by molar-refractivity contribution is -0.386. The maximum atomic E-state index is 11.0. The highest BCUT2D eigenvalue weighted by Gasteiger charge is 2.18. The summed E-state index contributed by atoms with van der Waals surface area (Å²) in [6, 6.07) is 0. The van der Waals surface area contributed by atoms with E-state index in [1.807, 2.05) is 0 Å². The monoisotopic (exact) mass is 281 g/mol. The summed E-state index contributed by atoms with van der Waals surface area (Å²) < 4.78 is 5.43. The first-order valence-corrected chi connectivity index (χ1v) is 6.95. The number of nitrogens with one attached hydrogen (secondary N) is 1. The lowest BCUT2D eigenvalue weighted by Gasteiger charge is -2.09. The topological polar surface area (TPSA) is 77.3 Å². The number of unbranched alkanes of at least 4 members (excludes halogenated alkanes) is 1. The summed E-state index contributed by atoms with van der Waals surface area (Å²) in [5.74, 6) is 0. The quantitative estimate of drug-likeness (QED) is 0.427. The molecule has 0 unspecified atom stereocenters. The van der Waals surface area contributed by atoms with Crippen LogP contribution in [0.15, 0.2) is 6.20 Å². The molecule has 6 nitrogen and oxygen atoms in total. The fourth-order valence-electron chi connectivity index (χ4n) is 1.92. The zero-order valence-corrected chi connectivity index (χ0v) is 12.4. The Bertz CT molecular complexity index is 450. The van der Waals surface area contributed by atoms with Gasteiger partial charge in [-0.25, -0.2) is 0 Å². The number of nitro groups is 1. The molecular formula is C14H23N3O3. The Kier molecular flexibility index (Phi) is 7.11. The van der Waals surface area contributed by atoms with Gasteiger partial charge in [0.1, 0.15) is 0 Å². The first-order valence-electron chi connectivity index (χ1n) is 6.95. The predicted molar refractivity (Wildman–Crippen MR) is 77.8 cm³/mol. The van der Waals surface area contributed by atoms with Crippen LogP contribution < -0.4 is 5.32 Å². The van der Waals surface area contributed by atoms with E-state index >= 15 is 0 Å². The SMILES string of the molecule is CCCCOCCNCc1ncc(C)c([N+](=O)[O-])c1C. The molecule has 0 atom stereocenters. The average Bonchev–Trinajstić information content (AvgIpc) is 2.39. The fourth-order valence-corrected chi connectivity index (χ4v) is 1.92. The van der Waals surface area contributed by atoms with Crippen molar-refractivity contribution in [2.24, 2.45) is 0 Å². The molecule has 0 bridgehead atoms. The number of nitrogens with zero attached hydrogens (tertiary/aromatic N) is 2. The second-order valence-electron chi connectivity index (χ2n) is 4.76. The highest BCUT2D eigenvalue weighted by Crippen LogP contribution is 2.23. The van der Waals surface area contributed by atoms with Crippen LogP contribution in [0.2, 0.25) is 0 Å². The number of ether oxygens (including phenoxy) is 1. The van der Waals surface area contributed by atoms with Gasteiger partial charge in [-0.05, 0) is 20.3 Å². The van der Waals surface area contributed by atoms with Crippen LogP contribution in [0.5, 0.6) is 0 Å². The Morgan fingerprint density at radius 2 is 2.15 bits per heavy atom. The van der Waals surface area contributed by atoms with Gasteiger partial charge in [-0.3, -0.25) is 15.1 Å².